The number of aromatic nitrogens is 1. The van der Waals surface area contributed by atoms with Crippen LogP contribution in [-0.2, 0) is 20.9 Å². The summed E-state index contributed by atoms with van der Waals surface area (Å²) < 4.78 is 5.46. The number of fused-ring (bicyclic) bond motifs is 2. The molecule has 1 aromatic carbocycles. The number of anilines is 2. The molecule has 3 atom stereocenters. The normalized spacial score (nSPS) is 22.7. The first kappa shape index (κ1) is 20.6. The number of halogens is 2. The summed E-state index contributed by atoms with van der Waals surface area (Å²) in [7, 11) is 0. The molecule has 0 aliphatic heterocycles. The van der Waals surface area contributed by atoms with Crippen LogP contribution in [0.2, 0.25) is 10.0 Å². The number of nitrogens with zero attached hydrogens (tertiary/aromatic N) is 2. The SMILES string of the molecule is CC(=O)N(c1ccc(Cl)c(Cl)c1)c1nc(COC(=O)CC2CC3CCC2C3)cs1. The van der Waals surface area contributed by atoms with Crippen molar-refractivity contribution < 1.29 is 14.3 Å². The summed E-state index contributed by atoms with van der Waals surface area (Å²) in [5.74, 6) is 1.64. The van der Waals surface area contributed by atoms with E-state index in [0.717, 1.165) is 12.3 Å². The van der Waals surface area contributed by atoms with E-state index in [9.17, 15) is 9.59 Å². The third kappa shape index (κ3) is 4.60. The second-order valence-electron chi connectivity index (χ2n) is 7.87. The van der Waals surface area contributed by atoms with Gasteiger partial charge >= 0.3 is 5.97 Å². The molecule has 8 heteroatoms. The minimum atomic E-state index is -0.197. The maximum absolute atomic E-state index is 12.3. The lowest BCUT2D eigenvalue weighted by Crippen LogP contribution is -2.22. The molecule has 0 radical (unpaired) electrons. The van der Waals surface area contributed by atoms with Gasteiger partial charge in [-0.3, -0.25) is 14.5 Å². The summed E-state index contributed by atoms with van der Waals surface area (Å²) in [6.45, 7) is 1.57. The molecule has 2 fully saturated rings. The number of amides is 1. The van der Waals surface area contributed by atoms with E-state index < -0.39 is 0 Å². The summed E-state index contributed by atoms with van der Waals surface area (Å²) in [4.78, 5) is 30.4. The molecule has 0 saturated heterocycles. The number of thiazole rings is 1. The predicted octanol–water partition coefficient (Wildman–Crippen LogP) is 6.00. The van der Waals surface area contributed by atoms with E-state index in [1.807, 2.05) is 0 Å². The number of hydrogen-bond donors (Lipinski definition) is 0. The Labute approximate surface area is 184 Å². The zero-order valence-electron chi connectivity index (χ0n) is 16.1. The molecule has 2 bridgehead atoms. The molecule has 1 heterocycles. The number of esters is 1. The average molecular weight is 453 g/mol. The van der Waals surface area contributed by atoms with Crippen molar-refractivity contribution in [3.05, 3.63) is 39.3 Å². The fraction of sp³-hybridized carbons (Fsp3) is 0.476. The number of carbonyl (C=O) groups excluding carboxylic acids is 2. The molecule has 1 aromatic heterocycles. The molecule has 0 spiro atoms. The van der Waals surface area contributed by atoms with Gasteiger partial charge in [0.05, 0.1) is 21.4 Å². The lowest BCUT2D eigenvalue weighted by molar-refractivity contribution is -0.146. The highest BCUT2D eigenvalue weighted by molar-refractivity contribution is 7.14. The topological polar surface area (TPSA) is 59.5 Å². The predicted molar refractivity (Wildman–Crippen MR) is 115 cm³/mol. The van der Waals surface area contributed by atoms with Crippen LogP contribution >= 0.6 is 34.5 Å². The van der Waals surface area contributed by atoms with Gasteiger partial charge in [-0.05, 0) is 55.2 Å². The largest absolute Gasteiger partial charge is 0.459 e. The van der Waals surface area contributed by atoms with Crippen LogP contribution in [-0.4, -0.2) is 16.9 Å². The van der Waals surface area contributed by atoms with E-state index in [1.165, 1.54) is 42.4 Å². The van der Waals surface area contributed by atoms with Crippen LogP contribution in [0.1, 0.15) is 44.7 Å². The highest BCUT2D eigenvalue weighted by atomic mass is 35.5. The summed E-state index contributed by atoms with van der Waals surface area (Å²) in [6.07, 6.45) is 5.53. The number of carbonyl (C=O) groups is 2. The van der Waals surface area contributed by atoms with Crippen molar-refractivity contribution in [1.82, 2.24) is 4.98 Å². The summed E-state index contributed by atoms with van der Waals surface area (Å²) in [5.41, 5.74) is 1.21. The molecular formula is C21H22Cl2N2O3S. The van der Waals surface area contributed by atoms with Crippen LogP contribution < -0.4 is 4.90 Å². The first-order valence-corrected chi connectivity index (χ1v) is 11.4. The summed E-state index contributed by atoms with van der Waals surface area (Å²) >= 11 is 13.4. The van der Waals surface area contributed by atoms with Crippen LogP contribution in [0.3, 0.4) is 0 Å². The Kier molecular flexibility index (Phi) is 6.13. The smallest absolute Gasteiger partial charge is 0.306 e. The van der Waals surface area contributed by atoms with Crippen molar-refractivity contribution in [3.8, 4) is 0 Å². The van der Waals surface area contributed by atoms with Crippen molar-refractivity contribution in [2.45, 2.75) is 45.6 Å². The average Bonchev–Trinajstić information content (AvgIpc) is 3.40. The standard InChI is InChI=1S/C21H22Cl2N2O3S/c1-12(26)25(17-4-5-18(22)19(23)9-17)21-24-16(11-29-21)10-28-20(27)8-15-7-13-2-3-14(15)6-13/h4-5,9,11,13-15H,2-3,6-8,10H2,1H3. The van der Waals surface area contributed by atoms with E-state index >= 15 is 0 Å². The molecule has 2 aliphatic rings. The van der Waals surface area contributed by atoms with E-state index in [2.05, 4.69) is 4.98 Å². The molecule has 2 saturated carbocycles. The Morgan fingerprint density at radius 1 is 1.24 bits per heavy atom. The van der Waals surface area contributed by atoms with Gasteiger partial charge in [0.15, 0.2) is 5.13 Å². The van der Waals surface area contributed by atoms with Crippen LogP contribution in [0.5, 0.6) is 0 Å². The van der Waals surface area contributed by atoms with Crippen molar-refractivity contribution in [3.63, 3.8) is 0 Å². The third-order valence-corrected chi connectivity index (χ3v) is 7.52. The molecule has 0 N–H and O–H groups in total. The lowest BCUT2D eigenvalue weighted by Gasteiger charge is -2.20. The number of benzene rings is 1. The number of hydrogen-bond acceptors (Lipinski definition) is 5. The molecule has 1 amide bonds. The van der Waals surface area contributed by atoms with Gasteiger partial charge in [0.2, 0.25) is 5.91 Å². The molecular weight excluding hydrogens is 431 g/mol. The summed E-state index contributed by atoms with van der Waals surface area (Å²) in [6, 6.07) is 4.98. The van der Waals surface area contributed by atoms with E-state index in [0.29, 0.717) is 44.8 Å². The quantitative estimate of drug-likeness (QED) is 0.503. The highest BCUT2D eigenvalue weighted by Crippen LogP contribution is 2.49. The van der Waals surface area contributed by atoms with Gasteiger partial charge in [0.25, 0.3) is 0 Å². The van der Waals surface area contributed by atoms with Gasteiger partial charge in [-0.1, -0.05) is 29.6 Å². The summed E-state index contributed by atoms with van der Waals surface area (Å²) in [5, 5.41) is 3.08. The van der Waals surface area contributed by atoms with E-state index in [-0.39, 0.29) is 18.5 Å². The van der Waals surface area contributed by atoms with Gasteiger partial charge in [-0.15, -0.1) is 11.3 Å². The molecule has 3 unspecified atom stereocenters. The zero-order chi connectivity index (χ0) is 20.5. The van der Waals surface area contributed by atoms with Gasteiger partial charge in [-0.25, -0.2) is 4.98 Å². The Bertz CT molecular complexity index is 932. The van der Waals surface area contributed by atoms with Crippen molar-refractivity contribution >= 4 is 57.2 Å². The second kappa shape index (κ2) is 8.62. The molecule has 154 valence electrons. The van der Waals surface area contributed by atoms with Crippen LogP contribution in [0, 0.1) is 17.8 Å². The minimum Gasteiger partial charge on any atom is -0.459 e. The van der Waals surface area contributed by atoms with Gasteiger partial charge in [-0.2, -0.15) is 0 Å². The van der Waals surface area contributed by atoms with E-state index in [4.69, 9.17) is 27.9 Å². The van der Waals surface area contributed by atoms with Crippen LogP contribution in [0.4, 0.5) is 10.8 Å². The maximum atomic E-state index is 12.3. The van der Waals surface area contributed by atoms with Crippen molar-refractivity contribution in [2.75, 3.05) is 4.90 Å². The second-order valence-corrected chi connectivity index (χ2v) is 9.52. The maximum Gasteiger partial charge on any atom is 0.306 e. The molecule has 29 heavy (non-hydrogen) atoms. The first-order chi connectivity index (χ1) is 13.9. The van der Waals surface area contributed by atoms with Crippen molar-refractivity contribution in [2.24, 2.45) is 17.8 Å². The molecule has 4 rings (SSSR count). The molecule has 2 aromatic rings. The number of ether oxygens (including phenoxy) is 1. The Morgan fingerprint density at radius 3 is 2.72 bits per heavy atom. The van der Waals surface area contributed by atoms with Crippen LogP contribution in [0.15, 0.2) is 23.6 Å². The van der Waals surface area contributed by atoms with Crippen molar-refractivity contribution in [1.29, 1.82) is 0 Å². The minimum absolute atomic E-state index is 0.114. The Balaban J connectivity index is 1.38. The molecule has 2 aliphatic carbocycles. The van der Waals surface area contributed by atoms with Gasteiger partial charge < -0.3 is 4.74 Å². The zero-order valence-corrected chi connectivity index (χ0v) is 18.4. The number of rotatable bonds is 6. The highest BCUT2D eigenvalue weighted by Gasteiger charge is 2.40. The Hall–Kier alpha value is -1.63. The first-order valence-electron chi connectivity index (χ1n) is 9.76. The van der Waals surface area contributed by atoms with Gasteiger partial charge in [0.1, 0.15) is 6.61 Å². The van der Waals surface area contributed by atoms with Crippen LogP contribution in [0.25, 0.3) is 0 Å². The monoisotopic (exact) mass is 452 g/mol. The Morgan fingerprint density at radius 2 is 2.07 bits per heavy atom. The van der Waals surface area contributed by atoms with Gasteiger partial charge in [0, 0.05) is 18.7 Å². The lowest BCUT2D eigenvalue weighted by atomic mass is 9.86. The fourth-order valence-corrected chi connectivity index (χ4v) is 5.73. The fourth-order valence-electron chi connectivity index (χ4n) is 4.57. The van der Waals surface area contributed by atoms with E-state index in [1.54, 1.807) is 23.6 Å². The molecule has 5 nitrogen and oxygen atoms in total. The third-order valence-electron chi connectivity index (χ3n) is 5.90.